The number of hydrogen-bond donors (Lipinski definition) is 2. The maximum absolute atomic E-state index is 12.8. The lowest BCUT2D eigenvalue weighted by Gasteiger charge is -2.06. The van der Waals surface area contributed by atoms with Gasteiger partial charge < -0.3 is 10.4 Å². The second-order valence-electron chi connectivity index (χ2n) is 4.95. The molecule has 0 aliphatic heterocycles. The van der Waals surface area contributed by atoms with E-state index in [4.69, 9.17) is 0 Å². The summed E-state index contributed by atoms with van der Waals surface area (Å²) in [6.45, 7) is 0.372. The fraction of sp³-hybridized carbons (Fsp3) is 0.118. The van der Waals surface area contributed by atoms with Crippen LogP contribution < -0.4 is 5.32 Å². The van der Waals surface area contributed by atoms with Gasteiger partial charge in [0.2, 0.25) is 0 Å². The van der Waals surface area contributed by atoms with Crippen molar-refractivity contribution in [2.24, 2.45) is 0 Å². The van der Waals surface area contributed by atoms with Gasteiger partial charge in [0.1, 0.15) is 11.9 Å². The highest BCUT2D eigenvalue weighted by atomic mass is 32.1. The van der Waals surface area contributed by atoms with Gasteiger partial charge in [-0.2, -0.15) is 11.3 Å². The van der Waals surface area contributed by atoms with Gasteiger partial charge in [-0.1, -0.05) is 0 Å². The van der Waals surface area contributed by atoms with Crippen LogP contribution in [0.15, 0.2) is 53.2 Å². The molecule has 3 rings (SSSR count). The zero-order valence-electron chi connectivity index (χ0n) is 12.0. The molecule has 2 heterocycles. The normalized spacial score (nSPS) is 12.1. The van der Waals surface area contributed by atoms with Crippen LogP contribution in [0.25, 0.3) is 0 Å². The molecule has 1 amide bonds. The van der Waals surface area contributed by atoms with Crippen molar-refractivity contribution >= 4 is 28.6 Å². The number of thiophene rings is 2. The molecule has 0 spiro atoms. The predicted octanol–water partition coefficient (Wildman–Crippen LogP) is 3.96. The maximum Gasteiger partial charge on any atom is 0.251 e. The van der Waals surface area contributed by atoms with Crippen molar-refractivity contribution in [3.05, 3.63) is 79.9 Å². The molecule has 1 atom stereocenters. The number of nitrogens with one attached hydrogen (secondary N) is 1. The van der Waals surface area contributed by atoms with Gasteiger partial charge in [0.15, 0.2) is 0 Å². The van der Waals surface area contributed by atoms with Gasteiger partial charge in [0.05, 0.1) is 6.54 Å². The first kappa shape index (κ1) is 15.9. The van der Waals surface area contributed by atoms with Crippen LogP contribution in [0.1, 0.15) is 31.8 Å². The molecular formula is C17H14FNO2S2. The third-order valence-electron chi connectivity index (χ3n) is 3.34. The van der Waals surface area contributed by atoms with E-state index in [0.717, 1.165) is 15.3 Å². The Bertz CT molecular complexity index is 781. The smallest absolute Gasteiger partial charge is 0.251 e. The van der Waals surface area contributed by atoms with E-state index >= 15 is 0 Å². The van der Waals surface area contributed by atoms with Gasteiger partial charge in [-0.25, -0.2) is 4.39 Å². The van der Waals surface area contributed by atoms with Crippen LogP contribution in [0.2, 0.25) is 0 Å². The van der Waals surface area contributed by atoms with E-state index in [-0.39, 0.29) is 11.7 Å². The molecular weight excluding hydrogens is 333 g/mol. The summed E-state index contributed by atoms with van der Waals surface area (Å²) < 4.78 is 12.8. The minimum Gasteiger partial charge on any atom is -0.383 e. The molecule has 3 nitrogen and oxygen atoms in total. The Morgan fingerprint density at radius 1 is 1.17 bits per heavy atom. The van der Waals surface area contributed by atoms with Crippen molar-refractivity contribution in [2.75, 3.05) is 0 Å². The second-order valence-corrected chi connectivity index (χ2v) is 6.93. The van der Waals surface area contributed by atoms with Crippen LogP contribution in [-0.2, 0) is 6.54 Å². The van der Waals surface area contributed by atoms with E-state index in [0.29, 0.717) is 12.1 Å². The summed E-state index contributed by atoms with van der Waals surface area (Å²) in [5.74, 6) is -0.620. The Morgan fingerprint density at radius 2 is 1.96 bits per heavy atom. The molecule has 0 aliphatic carbocycles. The number of benzene rings is 1. The van der Waals surface area contributed by atoms with Crippen LogP contribution in [-0.4, -0.2) is 11.0 Å². The minimum atomic E-state index is -0.632. The van der Waals surface area contributed by atoms with E-state index in [1.807, 2.05) is 29.0 Å². The molecule has 3 aromatic rings. The Kier molecular flexibility index (Phi) is 4.85. The van der Waals surface area contributed by atoms with Crippen LogP contribution in [0.5, 0.6) is 0 Å². The lowest BCUT2D eigenvalue weighted by molar-refractivity contribution is 0.0951. The van der Waals surface area contributed by atoms with E-state index in [1.54, 1.807) is 11.3 Å². The van der Waals surface area contributed by atoms with Gasteiger partial charge in [0.25, 0.3) is 5.91 Å². The second kappa shape index (κ2) is 7.04. The molecule has 0 radical (unpaired) electrons. The number of carbonyl (C=O) groups is 1. The number of halogens is 1. The Morgan fingerprint density at radius 3 is 2.65 bits per heavy atom. The first-order valence-electron chi connectivity index (χ1n) is 6.96. The third-order valence-corrected chi connectivity index (χ3v) is 5.18. The first-order chi connectivity index (χ1) is 11.1. The van der Waals surface area contributed by atoms with Gasteiger partial charge in [0, 0.05) is 15.3 Å². The molecule has 0 aliphatic rings. The number of aliphatic hydroxyl groups is 1. The molecule has 0 saturated heterocycles. The summed E-state index contributed by atoms with van der Waals surface area (Å²) in [6.07, 6.45) is -0.632. The average molecular weight is 347 g/mol. The van der Waals surface area contributed by atoms with Gasteiger partial charge in [-0.15, -0.1) is 11.3 Å². The third kappa shape index (κ3) is 3.85. The summed E-state index contributed by atoms with van der Waals surface area (Å²) in [5, 5.41) is 16.9. The monoisotopic (exact) mass is 347 g/mol. The largest absolute Gasteiger partial charge is 0.383 e. The number of aliphatic hydroxyl groups excluding tert-OH is 1. The summed E-state index contributed by atoms with van der Waals surface area (Å²) in [6, 6.07) is 11.1. The maximum atomic E-state index is 12.8. The number of carbonyl (C=O) groups excluding carboxylic acids is 1. The zero-order chi connectivity index (χ0) is 16.2. The van der Waals surface area contributed by atoms with Crippen molar-refractivity contribution in [3.8, 4) is 0 Å². The van der Waals surface area contributed by atoms with Crippen molar-refractivity contribution in [2.45, 2.75) is 12.6 Å². The van der Waals surface area contributed by atoms with Crippen molar-refractivity contribution in [1.29, 1.82) is 0 Å². The predicted molar refractivity (Wildman–Crippen MR) is 90.3 cm³/mol. The molecule has 1 aromatic carbocycles. The molecule has 0 bridgehead atoms. The highest BCUT2D eigenvalue weighted by Crippen LogP contribution is 2.29. The average Bonchev–Trinajstić information content (AvgIpc) is 3.24. The standard InChI is InChI=1S/C17H14FNO2S2/c18-13-3-1-11(2-4-13)17(21)19-9-14-5-6-15(23-14)16(20)12-7-8-22-10-12/h1-8,10,16,20H,9H2,(H,19,21). The first-order valence-corrected chi connectivity index (χ1v) is 8.72. The molecule has 0 fully saturated rings. The molecule has 6 heteroatoms. The molecule has 118 valence electrons. The Labute approximate surface area is 141 Å². The number of amides is 1. The van der Waals surface area contributed by atoms with Crippen molar-refractivity contribution in [3.63, 3.8) is 0 Å². The molecule has 2 aromatic heterocycles. The van der Waals surface area contributed by atoms with Gasteiger partial charge in [-0.05, 0) is 58.8 Å². The van der Waals surface area contributed by atoms with Crippen LogP contribution in [0.4, 0.5) is 4.39 Å². The summed E-state index contributed by atoms with van der Waals surface area (Å²) in [7, 11) is 0. The van der Waals surface area contributed by atoms with Gasteiger partial charge >= 0.3 is 0 Å². The van der Waals surface area contributed by atoms with E-state index in [2.05, 4.69) is 5.32 Å². The summed E-state index contributed by atoms with van der Waals surface area (Å²) in [5.41, 5.74) is 1.29. The SMILES string of the molecule is O=C(NCc1ccc(C(O)c2ccsc2)s1)c1ccc(F)cc1. The zero-order valence-corrected chi connectivity index (χ0v) is 13.7. The van der Waals surface area contributed by atoms with Crippen LogP contribution >= 0.6 is 22.7 Å². The van der Waals surface area contributed by atoms with Crippen LogP contribution in [0, 0.1) is 5.82 Å². The lowest BCUT2D eigenvalue weighted by atomic mass is 10.2. The summed E-state index contributed by atoms with van der Waals surface area (Å²) >= 11 is 3.00. The molecule has 1 unspecified atom stereocenters. The fourth-order valence-electron chi connectivity index (χ4n) is 2.10. The highest BCUT2D eigenvalue weighted by Gasteiger charge is 2.14. The Hall–Kier alpha value is -2.02. The highest BCUT2D eigenvalue weighted by molar-refractivity contribution is 7.12. The lowest BCUT2D eigenvalue weighted by Crippen LogP contribution is -2.22. The van der Waals surface area contributed by atoms with Gasteiger partial charge in [-0.3, -0.25) is 4.79 Å². The Balaban J connectivity index is 1.61. The minimum absolute atomic E-state index is 0.252. The fourth-order valence-corrected chi connectivity index (χ4v) is 3.75. The molecule has 23 heavy (non-hydrogen) atoms. The van der Waals surface area contributed by atoms with Crippen LogP contribution in [0.3, 0.4) is 0 Å². The molecule has 0 saturated carbocycles. The van der Waals surface area contributed by atoms with Crippen molar-refractivity contribution < 1.29 is 14.3 Å². The quantitative estimate of drug-likeness (QED) is 0.734. The van der Waals surface area contributed by atoms with E-state index in [9.17, 15) is 14.3 Å². The van der Waals surface area contributed by atoms with E-state index in [1.165, 1.54) is 35.6 Å². The molecule has 2 N–H and O–H groups in total. The van der Waals surface area contributed by atoms with Crippen molar-refractivity contribution in [1.82, 2.24) is 5.32 Å². The van der Waals surface area contributed by atoms with E-state index < -0.39 is 6.10 Å². The topological polar surface area (TPSA) is 49.3 Å². The summed E-state index contributed by atoms with van der Waals surface area (Å²) in [4.78, 5) is 13.8. The number of rotatable bonds is 5. The number of hydrogen-bond acceptors (Lipinski definition) is 4.